The van der Waals surface area contributed by atoms with Gasteiger partial charge in [0.2, 0.25) is 5.91 Å². The van der Waals surface area contributed by atoms with Crippen LogP contribution in [0, 0.1) is 6.92 Å². The smallest absolute Gasteiger partial charge is 0.227 e. The van der Waals surface area contributed by atoms with Gasteiger partial charge >= 0.3 is 0 Å². The van der Waals surface area contributed by atoms with Crippen LogP contribution in [0.3, 0.4) is 0 Å². The normalized spacial score (nSPS) is 16.5. The summed E-state index contributed by atoms with van der Waals surface area (Å²) in [5, 5.41) is 13.6. The van der Waals surface area contributed by atoms with E-state index in [9.17, 15) is 9.90 Å². The molecule has 4 nitrogen and oxygen atoms in total. The fraction of sp³-hybridized carbons (Fsp3) is 0.381. The van der Waals surface area contributed by atoms with E-state index in [0.717, 1.165) is 29.9 Å². The van der Waals surface area contributed by atoms with Crippen molar-refractivity contribution in [2.75, 3.05) is 23.3 Å². The van der Waals surface area contributed by atoms with Gasteiger partial charge < -0.3 is 15.3 Å². The number of carbonyl (C=O) groups excluding carboxylic acids is 1. The van der Waals surface area contributed by atoms with E-state index < -0.39 is 5.60 Å². The van der Waals surface area contributed by atoms with Gasteiger partial charge in [0.05, 0.1) is 12.0 Å². The summed E-state index contributed by atoms with van der Waals surface area (Å²) in [5.41, 5.74) is 2.61. The summed E-state index contributed by atoms with van der Waals surface area (Å²) in [6, 6.07) is 15.4. The number of hydrogen-bond donors (Lipinski definition) is 2. The molecule has 0 bridgehead atoms. The quantitative estimate of drug-likeness (QED) is 0.871. The molecule has 0 spiro atoms. The number of nitrogens with one attached hydrogen (secondary N) is 1. The van der Waals surface area contributed by atoms with E-state index in [1.165, 1.54) is 18.5 Å². The first-order chi connectivity index (χ1) is 12.0. The molecular formula is C21H26N2O2. The summed E-state index contributed by atoms with van der Waals surface area (Å²) in [6.45, 7) is 5.88. The molecule has 132 valence electrons. The number of benzene rings is 2. The van der Waals surface area contributed by atoms with Crippen LogP contribution in [0.25, 0.3) is 0 Å². The van der Waals surface area contributed by atoms with Crippen molar-refractivity contribution in [1.29, 1.82) is 0 Å². The van der Waals surface area contributed by atoms with Crippen LogP contribution in [0.15, 0.2) is 48.5 Å². The SMILES string of the molecule is Cc1cc(N2CCCC2)ccc1NC(=O)CC(C)(O)c1ccccc1. The predicted molar refractivity (Wildman–Crippen MR) is 102 cm³/mol. The van der Waals surface area contributed by atoms with Crippen molar-refractivity contribution < 1.29 is 9.90 Å². The number of rotatable bonds is 5. The Morgan fingerprint density at radius 3 is 2.48 bits per heavy atom. The first-order valence-corrected chi connectivity index (χ1v) is 8.89. The molecule has 1 atom stereocenters. The lowest BCUT2D eigenvalue weighted by Gasteiger charge is -2.24. The van der Waals surface area contributed by atoms with E-state index in [1.807, 2.05) is 43.3 Å². The van der Waals surface area contributed by atoms with Crippen LogP contribution in [-0.2, 0) is 10.4 Å². The fourth-order valence-corrected chi connectivity index (χ4v) is 3.37. The second-order valence-corrected chi connectivity index (χ2v) is 7.06. The van der Waals surface area contributed by atoms with Crippen LogP contribution < -0.4 is 10.2 Å². The average Bonchev–Trinajstić information content (AvgIpc) is 3.11. The lowest BCUT2D eigenvalue weighted by atomic mass is 9.92. The summed E-state index contributed by atoms with van der Waals surface area (Å²) >= 11 is 0. The van der Waals surface area contributed by atoms with E-state index in [2.05, 4.69) is 22.3 Å². The minimum absolute atomic E-state index is 0.0182. The third-order valence-corrected chi connectivity index (χ3v) is 4.86. The average molecular weight is 338 g/mol. The maximum absolute atomic E-state index is 12.4. The Balaban J connectivity index is 1.66. The monoisotopic (exact) mass is 338 g/mol. The lowest BCUT2D eigenvalue weighted by Crippen LogP contribution is -2.28. The van der Waals surface area contributed by atoms with Gasteiger partial charge in [-0.3, -0.25) is 4.79 Å². The zero-order chi connectivity index (χ0) is 17.9. The molecule has 1 unspecified atom stereocenters. The van der Waals surface area contributed by atoms with Crippen LogP contribution in [0.5, 0.6) is 0 Å². The van der Waals surface area contributed by atoms with Crippen molar-refractivity contribution in [2.24, 2.45) is 0 Å². The Morgan fingerprint density at radius 1 is 1.16 bits per heavy atom. The van der Waals surface area contributed by atoms with E-state index in [4.69, 9.17) is 0 Å². The second kappa shape index (κ2) is 7.28. The first kappa shape index (κ1) is 17.5. The van der Waals surface area contributed by atoms with E-state index in [0.29, 0.717) is 0 Å². The zero-order valence-electron chi connectivity index (χ0n) is 15.0. The molecular weight excluding hydrogens is 312 g/mol. The van der Waals surface area contributed by atoms with Gasteiger partial charge in [0.1, 0.15) is 0 Å². The first-order valence-electron chi connectivity index (χ1n) is 8.89. The molecule has 25 heavy (non-hydrogen) atoms. The van der Waals surface area contributed by atoms with Gasteiger partial charge in [-0.2, -0.15) is 0 Å². The van der Waals surface area contributed by atoms with Crippen molar-refractivity contribution >= 4 is 17.3 Å². The molecule has 0 aromatic heterocycles. The lowest BCUT2D eigenvalue weighted by molar-refractivity contribution is -0.120. The van der Waals surface area contributed by atoms with Crippen LogP contribution in [0.2, 0.25) is 0 Å². The Bertz CT molecular complexity index is 735. The largest absolute Gasteiger partial charge is 0.385 e. The third kappa shape index (κ3) is 4.20. The molecule has 1 aliphatic rings. The van der Waals surface area contributed by atoms with Gasteiger partial charge in [-0.05, 0) is 56.0 Å². The maximum atomic E-state index is 12.4. The zero-order valence-corrected chi connectivity index (χ0v) is 15.0. The summed E-state index contributed by atoms with van der Waals surface area (Å²) in [7, 11) is 0. The maximum Gasteiger partial charge on any atom is 0.227 e. The highest BCUT2D eigenvalue weighted by Gasteiger charge is 2.26. The van der Waals surface area contributed by atoms with Gasteiger partial charge in [-0.25, -0.2) is 0 Å². The highest BCUT2D eigenvalue weighted by atomic mass is 16.3. The van der Waals surface area contributed by atoms with Crippen LogP contribution in [-0.4, -0.2) is 24.1 Å². The molecule has 1 fully saturated rings. The number of carbonyl (C=O) groups is 1. The summed E-state index contributed by atoms with van der Waals surface area (Å²) in [4.78, 5) is 14.8. The van der Waals surface area contributed by atoms with Gasteiger partial charge in [-0.15, -0.1) is 0 Å². The summed E-state index contributed by atoms with van der Waals surface area (Å²) in [6.07, 6.45) is 2.50. The topological polar surface area (TPSA) is 52.6 Å². The minimum Gasteiger partial charge on any atom is -0.385 e. The highest BCUT2D eigenvalue weighted by molar-refractivity contribution is 5.92. The Labute approximate surface area is 149 Å². The Kier molecular flexibility index (Phi) is 5.09. The standard InChI is InChI=1S/C21H26N2O2/c1-16-14-18(23-12-6-7-13-23)10-11-19(16)22-20(24)15-21(2,25)17-8-4-3-5-9-17/h3-5,8-11,14,25H,6-7,12-13,15H2,1-2H3,(H,22,24). The van der Waals surface area contributed by atoms with Gasteiger partial charge in [-0.1, -0.05) is 30.3 Å². The molecule has 1 saturated heterocycles. The van der Waals surface area contributed by atoms with Gasteiger partial charge in [0, 0.05) is 24.5 Å². The molecule has 0 radical (unpaired) electrons. The summed E-state index contributed by atoms with van der Waals surface area (Å²) < 4.78 is 0. The van der Waals surface area contributed by atoms with Gasteiger partial charge in [0.15, 0.2) is 0 Å². The van der Waals surface area contributed by atoms with Crippen molar-refractivity contribution in [3.05, 3.63) is 59.7 Å². The molecule has 2 aromatic carbocycles. The second-order valence-electron chi connectivity index (χ2n) is 7.06. The van der Waals surface area contributed by atoms with E-state index in [1.54, 1.807) is 6.92 Å². The van der Waals surface area contributed by atoms with Crippen molar-refractivity contribution in [3.8, 4) is 0 Å². The van der Waals surface area contributed by atoms with Crippen molar-refractivity contribution in [1.82, 2.24) is 0 Å². The minimum atomic E-state index is -1.19. The molecule has 2 N–H and O–H groups in total. The van der Waals surface area contributed by atoms with Crippen LogP contribution >= 0.6 is 0 Å². The highest BCUT2D eigenvalue weighted by Crippen LogP contribution is 2.27. The van der Waals surface area contributed by atoms with Gasteiger partial charge in [0.25, 0.3) is 0 Å². The number of hydrogen-bond acceptors (Lipinski definition) is 3. The molecule has 1 aliphatic heterocycles. The number of amides is 1. The Morgan fingerprint density at radius 2 is 1.84 bits per heavy atom. The number of nitrogens with zero attached hydrogens (tertiary/aromatic N) is 1. The van der Waals surface area contributed by atoms with Crippen molar-refractivity contribution in [2.45, 2.75) is 38.7 Å². The molecule has 1 amide bonds. The number of anilines is 2. The Hall–Kier alpha value is -2.33. The molecule has 0 aliphatic carbocycles. The number of aryl methyl sites for hydroxylation is 1. The summed E-state index contributed by atoms with van der Waals surface area (Å²) in [5.74, 6) is -0.189. The van der Waals surface area contributed by atoms with Crippen molar-refractivity contribution in [3.63, 3.8) is 0 Å². The van der Waals surface area contributed by atoms with Crippen LogP contribution in [0.4, 0.5) is 11.4 Å². The molecule has 0 saturated carbocycles. The molecule has 3 rings (SSSR count). The fourth-order valence-electron chi connectivity index (χ4n) is 3.37. The molecule has 4 heteroatoms. The third-order valence-electron chi connectivity index (χ3n) is 4.86. The predicted octanol–water partition coefficient (Wildman–Crippen LogP) is 3.83. The van der Waals surface area contributed by atoms with Crippen LogP contribution in [0.1, 0.15) is 37.3 Å². The van der Waals surface area contributed by atoms with E-state index in [-0.39, 0.29) is 12.3 Å². The molecule has 2 aromatic rings. The number of aliphatic hydroxyl groups is 1. The van der Waals surface area contributed by atoms with E-state index >= 15 is 0 Å². The molecule has 1 heterocycles.